The Labute approximate surface area is 385 Å². The summed E-state index contributed by atoms with van der Waals surface area (Å²) < 4.78 is 21.1. The Kier molecular flexibility index (Phi) is 12.7. The molecule has 4 aliphatic heterocycles. The summed E-state index contributed by atoms with van der Waals surface area (Å²) in [6.45, 7) is 4.31. The zero-order valence-corrected chi connectivity index (χ0v) is 38.2. The van der Waals surface area contributed by atoms with Crippen molar-refractivity contribution in [3.05, 3.63) is 59.5 Å². The highest BCUT2D eigenvalue weighted by Crippen LogP contribution is 2.56. The molecule has 2 saturated carbocycles. The summed E-state index contributed by atoms with van der Waals surface area (Å²) in [5.74, 6) is -0.357. The van der Waals surface area contributed by atoms with Gasteiger partial charge in [0.25, 0.3) is 5.91 Å². The van der Waals surface area contributed by atoms with Gasteiger partial charge in [-0.15, -0.1) is 0 Å². The Bertz CT molecular complexity index is 2370. The van der Waals surface area contributed by atoms with E-state index in [1.165, 1.54) is 6.07 Å². The number of anilines is 5. The summed E-state index contributed by atoms with van der Waals surface area (Å²) in [6.07, 6.45) is 11.9. The highest BCUT2D eigenvalue weighted by atomic mass is 19.1. The average Bonchev–Trinajstić information content (AvgIpc) is 3.85. The summed E-state index contributed by atoms with van der Waals surface area (Å²) in [5.41, 5.74) is 2.08. The molecule has 9 rings (SSSR count). The number of aliphatic hydroxyl groups excluding tert-OH is 1. The number of benzene rings is 2. The van der Waals surface area contributed by atoms with E-state index in [0.29, 0.717) is 111 Å². The van der Waals surface area contributed by atoms with E-state index >= 15 is 4.39 Å². The number of hydrogen-bond donors (Lipinski definition) is 4. The number of aliphatic hydroxyl groups is 1. The van der Waals surface area contributed by atoms with Gasteiger partial charge in [-0.2, -0.15) is 4.98 Å². The van der Waals surface area contributed by atoms with E-state index in [0.717, 1.165) is 44.3 Å². The minimum Gasteiger partial charge on any atom is -0.495 e. The largest absolute Gasteiger partial charge is 0.495 e. The molecule has 2 atom stereocenters. The van der Waals surface area contributed by atoms with Crippen molar-refractivity contribution >= 4 is 58.4 Å². The second kappa shape index (κ2) is 18.4. The van der Waals surface area contributed by atoms with E-state index in [1.807, 2.05) is 16.7 Å². The Balaban J connectivity index is 0.785. The van der Waals surface area contributed by atoms with Gasteiger partial charge in [0.2, 0.25) is 29.6 Å². The number of piperidine rings is 3. The van der Waals surface area contributed by atoms with Crippen molar-refractivity contribution < 1.29 is 38.2 Å². The Hall–Kier alpha value is -5.84. The van der Waals surface area contributed by atoms with Crippen LogP contribution in [0.1, 0.15) is 119 Å². The lowest BCUT2D eigenvalue weighted by molar-refractivity contribution is -0.141. The standard InChI is InChI=1S/C49H62FN9O7/c1-4-37-46(65)56(2)39-27-51-47(54-42(39)59(37)33-7-5-6-8-33)52-36-12-9-32(26-40(36)66-3)43(62)55-49(19-24-60)28-48(29-49)17-22-58(23-18-48)45(64)30-15-20-57(21-16-30)38-13-10-31(25-35(38)50)34-11-14-41(61)53-44(34)63/h9-10,12-13,25-27,30,33-34,37,60H,4-8,11,14-24,28-29H2,1-3H3,(H,55,62)(H,51,52,54)(H,53,61,63)/t34?,37-/m1/s1. The van der Waals surface area contributed by atoms with Crippen LogP contribution in [0, 0.1) is 17.2 Å². The van der Waals surface area contributed by atoms with Gasteiger partial charge in [-0.25, -0.2) is 9.37 Å². The molecular weight excluding hydrogens is 846 g/mol. The van der Waals surface area contributed by atoms with E-state index in [-0.39, 0.29) is 60.1 Å². The SMILES string of the molecule is CC[C@@H]1C(=O)N(C)c2cnc(Nc3ccc(C(=O)NC4(CCO)CC5(CCN(C(=O)C6CCN(c7ccc(C8CCC(=O)NC8=O)cc7F)CC6)CC5)C4)cc3OC)nc2N1C1CCCC1. The number of imide groups is 1. The molecule has 4 N–H and O–H groups in total. The van der Waals surface area contributed by atoms with Crippen LogP contribution in [0.15, 0.2) is 42.6 Å². The number of nitrogens with one attached hydrogen (secondary N) is 3. The van der Waals surface area contributed by atoms with Crippen LogP contribution in [0.3, 0.4) is 0 Å². The van der Waals surface area contributed by atoms with Gasteiger partial charge in [0, 0.05) is 69.3 Å². The minimum atomic E-state index is -0.572. The Morgan fingerprint density at radius 1 is 0.970 bits per heavy atom. The number of carbonyl (C=O) groups excluding carboxylic acids is 5. The Morgan fingerprint density at radius 2 is 1.71 bits per heavy atom. The second-order valence-corrected chi connectivity index (χ2v) is 19.5. The smallest absolute Gasteiger partial charge is 0.251 e. The molecule has 2 aliphatic carbocycles. The molecule has 5 fully saturated rings. The maximum absolute atomic E-state index is 15.4. The number of aromatic nitrogens is 2. The van der Waals surface area contributed by atoms with Gasteiger partial charge >= 0.3 is 0 Å². The third-order valence-electron chi connectivity index (χ3n) is 15.5. The number of methoxy groups -OCH3 is 1. The van der Waals surface area contributed by atoms with Gasteiger partial charge in [-0.3, -0.25) is 29.3 Å². The van der Waals surface area contributed by atoms with Crippen LogP contribution in [0.4, 0.5) is 33.2 Å². The number of likely N-dealkylation sites (tertiary alicyclic amines) is 1. The van der Waals surface area contributed by atoms with Gasteiger partial charge < -0.3 is 40.1 Å². The van der Waals surface area contributed by atoms with Crippen LogP contribution < -0.4 is 35.4 Å². The second-order valence-electron chi connectivity index (χ2n) is 19.5. The molecule has 5 amide bonds. The van der Waals surface area contributed by atoms with Crippen LogP contribution in [-0.4, -0.2) is 114 Å². The van der Waals surface area contributed by atoms with Gasteiger partial charge in [0.1, 0.15) is 23.3 Å². The fraction of sp³-hybridized carbons (Fsp3) is 0.571. The highest BCUT2D eigenvalue weighted by Gasteiger charge is 2.56. The summed E-state index contributed by atoms with van der Waals surface area (Å²) in [4.78, 5) is 82.2. The third-order valence-corrected chi connectivity index (χ3v) is 15.5. The highest BCUT2D eigenvalue weighted by molar-refractivity contribution is 6.04. The lowest BCUT2D eigenvalue weighted by Gasteiger charge is -2.59. The predicted molar refractivity (Wildman–Crippen MR) is 246 cm³/mol. The van der Waals surface area contributed by atoms with Gasteiger partial charge in [-0.05, 0) is 112 Å². The van der Waals surface area contributed by atoms with Crippen molar-refractivity contribution in [2.45, 2.75) is 120 Å². The van der Waals surface area contributed by atoms with E-state index in [9.17, 15) is 29.1 Å². The first-order chi connectivity index (χ1) is 31.8. The molecule has 16 nitrogen and oxygen atoms in total. The maximum Gasteiger partial charge on any atom is 0.251 e. The number of rotatable bonds is 12. The van der Waals surface area contributed by atoms with E-state index in [2.05, 4.69) is 25.8 Å². The Morgan fingerprint density at radius 3 is 2.38 bits per heavy atom. The molecule has 1 unspecified atom stereocenters. The molecule has 1 spiro atoms. The molecule has 0 bridgehead atoms. The van der Waals surface area contributed by atoms with Crippen LogP contribution in [0.5, 0.6) is 5.75 Å². The van der Waals surface area contributed by atoms with Crippen molar-refractivity contribution in [1.82, 2.24) is 25.5 Å². The molecule has 3 saturated heterocycles. The minimum absolute atomic E-state index is 0.0347. The first-order valence-electron chi connectivity index (χ1n) is 23.8. The summed E-state index contributed by atoms with van der Waals surface area (Å²) in [7, 11) is 3.32. The van der Waals surface area contributed by atoms with E-state index in [4.69, 9.17) is 9.72 Å². The molecule has 66 heavy (non-hydrogen) atoms. The molecule has 1 aromatic heterocycles. The van der Waals surface area contributed by atoms with Gasteiger partial charge in [0.05, 0.1) is 30.6 Å². The lowest BCUT2D eigenvalue weighted by atomic mass is 9.52. The number of ether oxygens (including phenoxy) is 1. The monoisotopic (exact) mass is 907 g/mol. The zero-order chi connectivity index (χ0) is 46.3. The zero-order valence-electron chi connectivity index (χ0n) is 38.2. The van der Waals surface area contributed by atoms with Crippen LogP contribution >= 0.6 is 0 Å². The number of fused-ring (bicyclic) bond motifs is 1. The van der Waals surface area contributed by atoms with Crippen LogP contribution in [0.2, 0.25) is 0 Å². The number of hydrogen-bond acceptors (Lipinski definition) is 12. The van der Waals surface area contributed by atoms with Crippen molar-refractivity contribution in [3.63, 3.8) is 0 Å². The molecule has 3 aromatic rings. The molecule has 0 radical (unpaired) electrons. The van der Waals surface area contributed by atoms with Crippen molar-refractivity contribution in [2.24, 2.45) is 11.3 Å². The molecule has 6 aliphatic rings. The predicted octanol–water partition coefficient (Wildman–Crippen LogP) is 5.56. The van der Waals surface area contributed by atoms with Crippen molar-refractivity contribution in [2.75, 3.05) is 67.0 Å². The lowest BCUT2D eigenvalue weighted by Crippen LogP contribution is -2.64. The quantitative estimate of drug-likeness (QED) is 0.166. The number of carbonyl (C=O) groups is 5. The summed E-state index contributed by atoms with van der Waals surface area (Å²) >= 11 is 0. The topological polar surface area (TPSA) is 190 Å². The van der Waals surface area contributed by atoms with Crippen molar-refractivity contribution in [3.8, 4) is 5.75 Å². The average molecular weight is 908 g/mol. The van der Waals surface area contributed by atoms with E-state index in [1.54, 1.807) is 55.6 Å². The number of likely N-dealkylation sites (N-methyl/N-ethyl adjacent to an activating group) is 1. The normalized spacial score (nSPS) is 23.1. The molecule has 352 valence electrons. The number of amides is 5. The van der Waals surface area contributed by atoms with Gasteiger partial charge in [-0.1, -0.05) is 25.8 Å². The van der Waals surface area contributed by atoms with Crippen molar-refractivity contribution in [1.29, 1.82) is 0 Å². The third kappa shape index (κ3) is 8.66. The summed E-state index contributed by atoms with van der Waals surface area (Å²) in [5, 5.41) is 19.0. The number of nitrogens with zero attached hydrogens (tertiary/aromatic N) is 6. The van der Waals surface area contributed by atoms with Crippen LogP contribution in [0.25, 0.3) is 0 Å². The first-order valence-corrected chi connectivity index (χ1v) is 23.8. The molecule has 2 aromatic carbocycles. The molecule has 5 heterocycles. The molecular formula is C49H62FN9O7. The van der Waals surface area contributed by atoms with Gasteiger partial charge in [0.15, 0.2) is 5.82 Å². The molecule has 17 heteroatoms. The number of halogens is 1. The summed E-state index contributed by atoms with van der Waals surface area (Å²) in [6, 6.07) is 9.99. The maximum atomic E-state index is 15.4. The first kappa shape index (κ1) is 45.3. The fourth-order valence-electron chi connectivity index (χ4n) is 11.9. The van der Waals surface area contributed by atoms with Crippen LogP contribution in [-0.2, 0) is 19.2 Å². The fourth-order valence-corrected chi connectivity index (χ4v) is 11.9. The van der Waals surface area contributed by atoms with E-state index < -0.39 is 23.2 Å².